The lowest BCUT2D eigenvalue weighted by Crippen LogP contribution is -2.17. The van der Waals surface area contributed by atoms with Crippen molar-refractivity contribution in [2.24, 2.45) is 0 Å². The number of carbonyl (C=O) groups is 1. The minimum absolute atomic E-state index is 0.197. The molecule has 4 nitrogen and oxygen atoms in total. The Labute approximate surface area is 87.2 Å². The molecule has 0 amide bonds. The van der Waals surface area contributed by atoms with Crippen molar-refractivity contribution in [3.05, 3.63) is 11.3 Å². The number of hydrogen-bond acceptors (Lipinski definition) is 5. The van der Waals surface area contributed by atoms with Crippen LogP contribution in [0.3, 0.4) is 0 Å². The van der Waals surface area contributed by atoms with E-state index in [-0.39, 0.29) is 5.41 Å². The van der Waals surface area contributed by atoms with Crippen LogP contribution in [0.2, 0.25) is 0 Å². The first-order valence-corrected chi connectivity index (χ1v) is 4.99. The number of ether oxygens (including phenoxy) is 1. The van der Waals surface area contributed by atoms with E-state index < -0.39 is 5.97 Å². The highest BCUT2D eigenvalue weighted by atomic mass is 32.1. The van der Waals surface area contributed by atoms with Gasteiger partial charge in [-0.15, -0.1) is 0 Å². The predicted molar refractivity (Wildman–Crippen MR) is 56.6 cm³/mol. The van der Waals surface area contributed by atoms with Gasteiger partial charge >= 0.3 is 5.97 Å². The van der Waals surface area contributed by atoms with E-state index in [1.165, 1.54) is 7.11 Å². The molecule has 0 spiro atoms. The van der Waals surface area contributed by atoms with Gasteiger partial charge in [0.05, 0.1) is 12.8 Å². The van der Waals surface area contributed by atoms with Gasteiger partial charge in [-0.3, -0.25) is 0 Å². The summed E-state index contributed by atoms with van der Waals surface area (Å²) in [7, 11) is 1.34. The fraction of sp³-hybridized carbons (Fsp3) is 0.556. The fourth-order valence-electron chi connectivity index (χ4n) is 1.11. The van der Waals surface area contributed by atoms with Crippen molar-refractivity contribution in [1.29, 1.82) is 0 Å². The number of methoxy groups -OCH3 is 1. The molecule has 1 aromatic heterocycles. The van der Waals surface area contributed by atoms with Crippen LogP contribution in [0.4, 0.5) is 5.00 Å². The van der Waals surface area contributed by atoms with Crippen LogP contribution in [0.5, 0.6) is 0 Å². The number of nitrogen functional groups attached to an aromatic ring is 1. The fourth-order valence-corrected chi connectivity index (χ4v) is 1.94. The number of esters is 1. The summed E-state index contributed by atoms with van der Waals surface area (Å²) in [5.41, 5.74) is 6.58. The van der Waals surface area contributed by atoms with Gasteiger partial charge < -0.3 is 10.5 Å². The molecule has 0 saturated heterocycles. The molecule has 1 heterocycles. The first-order valence-electron chi connectivity index (χ1n) is 4.22. The third-order valence-electron chi connectivity index (χ3n) is 1.82. The monoisotopic (exact) mass is 214 g/mol. The molecule has 1 rings (SSSR count). The van der Waals surface area contributed by atoms with Crippen LogP contribution in [0.25, 0.3) is 0 Å². The Morgan fingerprint density at radius 2 is 2.07 bits per heavy atom. The van der Waals surface area contributed by atoms with Crippen LogP contribution in [0.1, 0.15) is 36.8 Å². The van der Waals surface area contributed by atoms with Gasteiger partial charge in [0, 0.05) is 5.41 Å². The molecule has 0 atom stereocenters. The van der Waals surface area contributed by atoms with Gasteiger partial charge in [-0.25, -0.2) is 4.79 Å². The summed E-state index contributed by atoms with van der Waals surface area (Å²) in [5.74, 6) is -0.416. The lowest BCUT2D eigenvalue weighted by molar-refractivity contribution is 0.0599. The average Bonchev–Trinajstić information content (AvgIpc) is 2.45. The second-order valence-electron chi connectivity index (χ2n) is 4.01. The number of carbonyl (C=O) groups excluding carboxylic acids is 1. The lowest BCUT2D eigenvalue weighted by Gasteiger charge is -2.16. The van der Waals surface area contributed by atoms with E-state index in [1.807, 2.05) is 20.8 Å². The Kier molecular flexibility index (Phi) is 2.80. The van der Waals surface area contributed by atoms with Crippen molar-refractivity contribution >= 4 is 22.5 Å². The summed E-state index contributed by atoms with van der Waals surface area (Å²) < 4.78 is 8.83. The summed E-state index contributed by atoms with van der Waals surface area (Å²) in [5, 5.41) is 0.418. The number of aromatic nitrogens is 1. The molecule has 5 heteroatoms. The van der Waals surface area contributed by atoms with Crippen LogP contribution in [-0.4, -0.2) is 17.5 Å². The van der Waals surface area contributed by atoms with Gasteiger partial charge in [0.2, 0.25) is 0 Å². The van der Waals surface area contributed by atoms with Crippen molar-refractivity contribution < 1.29 is 9.53 Å². The molecule has 0 aromatic carbocycles. The molecular formula is C9H14N2O2S. The van der Waals surface area contributed by atoms with Crippen LogP contribution in [0, 0.1) is 0 Å². The van der Waals surface area contributed by atoms with E-state index in [0.29, 0.717) is 16.3 Å². The number of nitrogens with zero attached hydrogens (tertiary/aromatic N) is 1. The SMILES string of the molecule is COC(=O)c1c(C(C)(C)C)nsc1N. The smallest absolute Gasteiger partial charge is 0.342 e. The standard InChI is InChI=1S/C9H14N2O2S/c1-9(2,3)6-5(8(12)13-4)7(10)14-11-6/h10H2,1-4H3. The maximum Gasteiger partial charge on any atom is 0.342 e. The Hall–Kier alpha value is -1.10. The number of anilines is 1. The molecule has 2 N–H and O–H groups in total. The molecule has 14 heavy (non-hydrogen) atoms. The van der Waals surface area contributed by atoms with E-state index in [0.717, 1.165) is 11.5 Å². The van der Waals surface area contributed by atoms with Gasteiger partial charge in [0.15, 0.2) is 0 Å². The minimum Gasteiger partial charge on any atom is -0.465 e. The van der Waals surface area contributed by atoms with Gasteiger partial charge in [0.25, 0.3) is 0 Å². The summed E-state index contributed by atoms with van der Waals surface area (Å²) in [4.78, 5) is 11.4. The van der Waals surface area contributed by atoms with Gasteiger partial charge in [-0.1, -0.05) is 20.8 Å². The molecule has 0 unspecified atom stereocenters. The van der Waals surface area contributed by atoms with Gasteiger partial charge in [-0.05, 0) is 11.5 Å². The zero-order valence-corrected chi connectivity index (χ0v) is 9.57. The second kappa shape index (κ2) is 3.57. The minimum atomic E-state index is -0.416. The average molecular weight is 214 g/mol. The molecule has 0 aliphatic carbocycles. The van der Waals surface area contributed by atoms with Gasteiger partial charge in [0.1, 0.15) is 10.6 Å². The van der Waals surface area contributed by atoms with E-state index in [2.05, 4.69) is 9.11 Å². The molecule has 0 saturated carbocycles. The van der Waals surface area contributed by atoms with Crippen molar-refractivity contribution in [3.63, 3.8) is 0 Å². The van der Waals surface area contributed by atoms with Crippen molar-refractivity contribution in [2.75, 3.05) is 12.8 Å². The third kappa shape index (κ3) is 1.87. The number of hydrogen-bond donors (Lipinski definition) is 1. The molecule has 78 valence electrons. The maximum atomic E-state index is 11.4. The summed E-state index contributed by atoms with van der Waals surface area (Å²) in [6, 6.07) is 0. The Bertz CT molecular complexity index is 352. The first kappa shape index (κ1) is 11.0. The Balaban J connectivity index is 3.26. The van der Waals surface area contributed by atoms with Crippen molar-refractivity contribution in [1.82, 2.24) is 4.37 Å². The zero-order chi connectivity index (χ0) is 10.9. The molecule has 0 radical (unpaired) electrons. The Morgan fingerprint density at radius 3 is 2.50 bits per heavy atom. The normalized spacial score (nSPS) is 11.4. The molecule has 0 bridgehead atoms. The zero-order valence-electron chi connectivity index (χ0n) is 8.75. The van der Waals surface area contributed by atoms with Crippen LogP contribution < -0.4 is 5.73 Å². The Morgan fingerprint density at radius 1 is 1.50 bits per heavy atom. The van der Waals surface area contributed by atoms with Crippen molar-refractivity contribution in [2.45, 2.75) is 26.2 Å². The number of nitrogens with two attached hydrogens (primary N) is 1. The highest BCUT2D eigenvalue weighted by Crippen LogP contribution is 2.31. The molecule has 0 fully saturated rings. The van der Waals surface area contributed by atoms with Crippen LogP contribution >= 0.6 is 11.5 Å². The maximum absolute atomic E-state index is 11.4. The van der Waals surface area contributed by atoms with E-state index in [1.54, 1.807) is 0 Å². The molecular weight excluding hydrogens is 200 g/mol. The van der Waals surface area contributed by atoms with Gasteiger partial charge in [-0.2, -0.15) is 4.37 Å². The van der Waals surface area contributed by atoms with Crippen LogP contribution in [0.15, 0.2) is 0 Å². The second-order valence-corrected chi connectivity index (χ2v) is 4.82. The largest absolute Gasteiger partial charge is 0.465 e. The number of rotatable bonds is 1. The summed E-state index contributed by atoms with van der Waals surface area (Å²) in [6.45, 7) is 5.94. The molecule has 0 aliphatic heterocycles. The first-order chi connectivity index (χ1) is 6.38. The lowest BCUT2D eigenvalue weighted by atomic mass is 9.89. The van der Waals surface area contributed by atoms with E-state index in [9.17, 15) is 4.79 Å². The topological polar surface area (TPSA) is 65.2 Å². The van der Waals surface area contributed by atoms with E-state index in [4.69, 9.17) is 5.73 Å². The highest BCUT2D eigenvalue weighted by Gasteiger charge is 2.28. The predicted octanol–water partition coefficient (Wildman–Crippen LogP) is 1.81. The third-order valence-corrected chi connectivity index (χ3v) is 2.49. The quantitative estimate of drug-likeness (QED) is 0.724. The van der Waals surface area contributed by atoms with Crippen LogP contribution in [-0.2, 0) is 10.2 Å². The highest BCUT2D eigenvalue weighted by molar-refractivity contribution is 7.10. The van der Waals surface area contributed by atoms with Crippen molar-refractivity contribution in [3.8, 4) is 0 Å². The van der Waals surface area contributed by atoms with E-state index >= 15 is 0 Å². The summed E-state index contributed by atoms with van der Waals surface area (Å²) >= 11 is 1.13. The molecule has 1 aromatic rings. The molecule has 0 aliphatic rings. The summed E-state index contributed by atoms with van der Waals surface area (Å²) in [6.07, 6.45) is 0.